The van der Waals surface area contributed by atoms with Crippen molar-refractivity contribution in [1.29, 1.82) is 0 Å². The minimum absolute atomic E-state index is 0.0247. The third-order valence-corrected chi connectivity index (χ3v) is 9.76. The van der Waals surface area contributed by atoms with Crippen LogP contribution in [0.2, 0.25) is 0 Å². The van der Waals surface area contributed by atoms with Crippen LogP contribution < -0.4 is 0 Å². The molecule has 0 spiro atoms. The fourth-order valence-electron chi connectivity index (χ4n) is 6.61. The Morgan fingerprint density at radius 2 is 1.16 bits per heavy atom. The smallest absolute Gasteiger partial charge is 0.338 e. The highest BCUT2D eigenvalue weighted by atomic mass is 16.5. The zero-order valence-electron chi connectivity index (χ0n) is 31.9. The van der Waals surface area contributed by atoms with Crippen molar-refractivity contribution < 1.29 is 9.53 Å². The Bertz CT molecular complexity index is 1650. The Kier molecular flexibility index (Phi) is 14.9. The second-order valence-electron chi connectivity index (χ2n) is 15.1. The molecule has 3 rings (SSSR count). The summed E-state index contributed by atoms with van der Waals surface area (Å²) < 4.78 is 5.94. The molecule has 0 saturated carbocycles. The number of carbonyl (C=O) groups is 1. The summed E-state index contributed by atoms with van der Waals surface area (Å²) in [4.78, 5) is 12.7. The van der Waals surface area contributed by atoms with Gasteiger partial charge in [0.05, 0.1) is 5.56 Å². The van der Waals surface area contributed by atoms with E-state index in [4.69, 9.17) is 4.74 Å². The van der Waals surface area contributed by atoms with Crippen LogP contribution in [0.1, 0.15) is 112 Å². The molecule has 49 heavy (non-hydrogen) atoms. The van der Waals surface area contributed by atoms with Crippen LogP contribution in [0.25, 0.3) is 0 Å². The van der Waals surface area contributed by atoms with Gasteiger partial charge in [-0.3, -0.25) is 0 Å². The van der Waals surface area contributed by atoms with Gasteiger partial charge in [-0.25, -0.2) is 4.79 Å². The first-order chi connectivity index (χ1) is 23.2. The number of hydrogen-bond acceptors (Lipinski definition) is 2. The molecular weight excluding hydrogens is 597 g/mol. The van der Waals surface area contributed by atoms with Gasteiger partial charge >= 0.3 is 5.97 Å². The van der Waals surface area contributed by atoms with Gasteiger partial charge in [0.2, 0.25) is 0 Å². The lowest BCUT2D eigenvalue weighted by Crippen LogP contribution is -2.30. The Labute approximate surface area is 298 Å². The first-order valence-electron chi connectivity index (χ1n) is 17.9. The molecule has 0 unspecified atom stereocenters. The van der Waals surface area contributed by atoms with E-state index < -0.39 is 0 Å². The van der Waals surface area contributed by atoms with E-state index in [9.17, 15) is 4.79 Å². The summed E-state index contributed by atoms with van der Waals surface area (Å²) in [6.45, 7) is 22.2. The third-order valence-electron chi connectivity index (χ3n) is 9.76. The zero-order chi connectivity index (χ0) is 36.0. The van der Waals surface area contributed by atoms with Gasteiger partial charge in [-0.15, -0.1) is 0 Å². The van der Waals surface area contributed by atoms with Crippen molar-refractivity contribution in [3.05, 3.63) is 166 Å². The highest BCUT2D eigenvalue weighted by Crippen LogP contribution is 2.42. The highest BCUT2D eigenvalue weighted by molar-refractivity contribution is 5.89. The molecule has 2 heteroatoms. The number of esters is 1. The molecule has 1 aromatic rings. The maximum atomic E-state index is 12.7. The molecule has 2 aliphatic carbocycles. The molecule has 1 atom stereocenters. The molecule has 2 aliphatic rings. The highest BCUT2D eigenvalue weighted by Gasteiger charge is 2.34. The first kappa shape index (κ1) is 39.3. The van der Waals surface area contributed by atoms with E-state index in [1.165, 1.54) is 52.7 Å². The molecule has 0 bridgehead atoms. The van der Waals surface area contributed by atoms with Crippen LogP contribution in [0.4, 0.5) is 0 Å². The van der Waals surface area contributed by atoms with Crippen LogP contribution >= 0.6 is 0 Å². The summed E-state index contributed by atoms with van der Waals surface area (Å²) in [5.74, 6) is -0.260. The third kappa shape index (κ3) is 12.7. The molecule has 2 nitrogen and oxygen atoms in total. The maximum Gasteiger partial charge on any atom is 0.338 e. The van der Waals surface area contributed by atoms with E-state index in [0.29, 0.717) is 5.56 Å². The van der Waals surface area contributed by atoms with Gasteiger partial charge in [-0.2, -0.15) is 0 Å². The Morgan fingerprint density at radius 1 is 0.673 bits per heavy atom. The van der Waals surface area contributed by atoms with Crippen LogP contribution in [-0.4, -0.2) is 12.1 Å². The van der Waals surface area contributed by atoms with E-state index in [-0.39, 0.29) is 22.9 Å². The Morgan fingerprint density at radius 3 is 1.71 bits per heavy atom. The van der Waals surface area contributed by atoms with Crippen molar-refractivity contribution in [3.63, 3.8) is 0 Å². The largest absolute Gasteiger partial charge is 0.454 e. The summed E-state index contributed by atoms with van der Waals surface area (Å²) in [6, 6.07) is 9.24. The minimum Gasteiger partial charge on any atom is -0.454 e. The molecule has 0 radical (unpaired) electrons. The lowest BCUT2D eigenvalue weighted by atomic mass is 9.71. The monoisotopic (exact) mass is 656 g/mol. The Hall–Kier alpha value is -4.17. The van der Waals surface area contributed by atoms with E-state index in [1.807, 2.05) is 18.2 Å². The lowest BCUT2D eigenvalue weighted by Gasteiger charge is -2.37. The van der Waals surface area contributed by atoms with Crippen molar-refractivity contribution in [2.45, 2.75) is 107 Å². The molecular formula is C47H60O2. The number of benzene rings is 1. The van der Waals surface area contributed by atoms with Crippen molar-refractivity contribution in [2.24, 2.45) is 10.8 Å². The first-order valence-corrected chi connectivity index (χ1v) is 17.9. The average Bonchev–Trinajstić information content (AvgIpc) is 3.04. The van der Waals surface area contributed by atoms with Gasteiger partial charge in [0.1, 0.15) is 6.10 Å². The predicted octanol–water partition coefficient (Wildman–Crippen LogP) is 13.4. The molecule has 0 aliphatic heterocycles. The second kappa shape index (κ2) is 18.6. The topological polar surface area (TPSA) is 26.3 Å². The van der Waals surface area contributed by atoms with Gasteiger partial charge in [0.15, 0.2) is 0 Å². The lowest BCUT2D eigenvalue weighted by molar-refractivity contribution is 0.0313. The standard InChI is InChI=1S/C47H60O2/c1-35(21-16-23-37(3)28-30-42-39(5)25-18-33-46(42,7)8)19-14-15-20-36(2)22-17-24-38(4)29-31-43-40(6)44(32-34-47(43,9)10)49-45(48)41-26-12-11-13-27-41/h11-17,19-24,26-31,44H,18,25,32-34H2,1-10H3/b15-14+,21-16+,22-17+,30-28+,31-29+,35-19+,36-20+,37-23+,38-24+/t44-/m1/s1. The molecule has 0 amide bonds. The van der Waals surface area contributed by atoms with Crippen LogP contribution in [0.3, 0.4) is 0 Å². The van der Waals surface area contributed by atoms with Crippen LogP contribution in [0.15, 0.2) is 160 Å². The molecule has 0 saturated heterocycles. The molecule has 0 heterocycles. The fourth-order valence-corrected chi connectivity index (χ4v) is 6.61. The molecule has 0 aromatic heterocycles. The average molecular weight is 657 g/mol. The normalized spacial score (nSPS) is 21.4. The quantitative estimate of drug-likeness (QED) is 0.165. The van der Waals surface area contributed by atoms with Crippen LogP contribution in [0.5, 0.6) is 0 Å². The van der Waals surface area contributed by atoms with Crippen molar-refractivity contribution in [2.75, 3.05) is 0 Å². The van der Waals surface area contributed by atoms with Gasteiger partial charge in [-0.1, -0.05) is 159 Å². The van der Waals surface area contributed by atoms with Crippen molar-refractivity contribution >= 4 is 5.97 Å². The van der Waals surface area contributed by atoms with Crippen LogP contribution in [0, 0.1) is 10.8 Å². The Balaban J connectivity index is 1.54. The number of carbonyl (C=O) groups excluding carboxylic acids is 1. The molecule has 260 valence electrons. The summed E-state index contributed by atoms with van der Waals surface area (Å²) in [5.41, 5.74) is 11.1. The molecule has 0 fully saturated rings. The van der Waals surface area contributed by atoms with E-state index >= 15 is 0 Å². The number of allylic oxidation sites excluding steroid dienone is 21. The SMILES string of the molecule is CC1=C(/C=C/C(C)=C/C=C/C(C)=C/C=C/C=C(C)/C=C/C=C(C)/C=C/C2=C(C)[C@H](OC(=O)c3ccccc3)CCC2(C)C)C(C)(C)CCC1. The summed E-state index contributed by atoms with van der Waals surface area (Å²) in [5, 5.41) is 0. The number of rotatable bonds is 12. The number of ether oxygens (including phenoxy) is 1. The second-order valence-corrected chi connectivity index (χ2v) is 15.1. The summed E-state index contributed by atoms with van der Waals surface area (Å²) >= 11 is 0. The molecule has 0 N–H and O–H groups in total. The number of hydrogen-bond donors (Lipinski definition) is 0. The van der Waals surface area contributed by atoms with E-state index in [1.54, 1.807) is 12.1 Å². The van der Waals surface area contributed by atoms with Gasteiger partial charge in [0, 0.05) is 0 Å². The van der Waals surface area contributed by atoms with Crippen molar-refractivity contribution in [1.82, 2.24) is 0 Å². The summed E-state index contributed by atoms with van der Waals surface area (Å²) in [6.07, 6.45) is 35.6. The van der Waals surface area contributed by atoms with E-state index in [0.717, 1.165) is 24.0 Å². The van der Waals surface area contributed by atoms with Gasteiger partial charge in [-0.05, 0) is 113 Å². The van der Waals surface area contributed by atoms with Crippen LogP contribution in [-0.2, 0) is 4.74 Å². The fraction of sp³-hybridized carbons (Fsp3) is 0.383. The van der Waals surface area contributed by atoms with E-state index in [2.05, 4.69) is 154 Å². The predicted molar refractivity (Wildman–Crippen MR) is 212 cm³/mol. The molecule has 1 aromatic carbocycles. The van der Waals surface area contributed by atoms with Gasteiger partial charge in [0.25, 0.3) is 0 Å². The maximum absolute atomic E-state index is 12.7. The summed E-state index contributed by atoms with van der Waals surface area (Å²) in [7, 11) is 0. The van der Waals surface area contributed by atoms with Gasteiger partial charge < -0.3 is 4.74 Å². The van der Waals surface area contributed by atoms with Crippen molar-refractivity contribution in [3.8, 4) is 0 Å². The minimum atomic E-state index is -0.260. The zero-order valence-corrected chi connectivity index (χ0v) is 31.9.